The third kappa shape index (κ3) is 3.47. The number of nitrogens with one attached hydrogen (secondary N) is 2. The van der Waals surface area contributed by atoms with Crippen molar-refractivity contribution in [1.82, 2.24) is 0 Å². The first kappa shape index (κ1) is 16.9. The summed E-state index contributed by atoms with van der Waals surface area (Å²) in [6.07, 6.45) is 1.77. The summed E-state index contributed by atoms with van der Waals surface area (Å²) in [7, 11) is 0. The molecule has 0 unspecified atom stereocenters. The number of halogens is 2. The number of rotatable bonds is 3. The Bertz CT molecular complexity index is 884. The Kier molecular flexibility index (Phi) is 4.93. The zero-order valence-electron chi connectivity index (χ0n) is 11.7. The van der Waals surface area contributed by atoms with E-state index >= 15 is 0 Å². The van der Waals surface area contributed by atoms with Crippen LogP contribution in [-0.4, -0.2) is 16.2 Å². The molecule has 0 saturated carbocycles. The molecule has 0 bridgehead atoms. The third-order valence-corrected chi connectivity index (χ3v) is 3.50. The fourth-order valence-corrected chi connectivity index (χ4v) is 2.40. The lowest BCUT2D eigenvalue weighted by atomic mass is 10.1. The fourth-order valence-electron chi connectivity index (χ4n) is 2.23. The van der Waals surface area contributed by atoms with Gasteiger partial charge in [-0.05, 0) is 24.3 Å². The lowest BCUT2D eigenvalue weighted by molar-refractivity contribution is -0.344. The number of aromatic amines is 1. The van der Waals surface area contributed by atoms with Gasteiger partial charge in [0.05, 0.1) is 11.1 Å². The van der Waals surface area contributed by atoms with E-state index in [1.165, 1.54) is 12.1 Å². The molecule has 23 heavy (non-hydrogen) atoms. The molecule has 3 rings (SSSR count). The van der Waals surface area contributed by atoms with Crippen molar-refractivity contribution >= 4 is 39.8 Å². The Morgan fingerprint density at radius 3 is 2.61 bits per heavy atom. The summed E-state index contributed by atoms with van der Waals surface area (Å²) in [5.74, 6) is -1.45. The Morgan fingerprint density at radius 1 is 1.13 bits per heavy atom. The molecular weight excluding hydrogens is 339 g/mol. The minimum atomic E-state index is -1.17. The van der Waals surface area contributed by atoms with Crippen molar-refractivity contribution in [3.8, 4) is 5.75 Å². The predicted octanol–water partition coefficient (Wildman–Crippen LogP) is 0.459. The Hall–Kier alpha value is -2.50. The van der Waals surface area contributed by atoms with E-state index in [0.29, 0.717) is 10.7 Å². The van der Waals surface area contributed by atoms with Crippen LogP contribution in [0.2, 0.25) is 5.02 Å². The van der Waals surface area contributed by atoms with E-state index in [1.54, 1.807) is 18.3 Å². The molecule has 4 N–H and O–H groups in total. The molecule has 7 heteroatoms. The van der Waals surface area contributed by atoms with Crippen LogP contribution in [0, 0.1) is 0 Å². The molecule has 0 aliphatic rings. The average Bonchev–Trinajstić information content (AvgIpc) is 2.47. The number of carboxylic acid groups (broad SMARTS) is 1. The number of aromatic nitrogens is 1. The second-order valence-corrected chi connectivity index (χ2v) is 5.18. The molecule has 0 radical (unpaired) electrons. The second kappa shape index (κ2) is 6.73. The van der Waals surface area contributed by atoms with Gasteiger partial charge >= 0.3 is 5.97 Å². The molecule has 0 aliphatic carbocycles. The van der Waals surface area contributed by atoms with Gasteiger partial charge in [-0.15, -0.1) is 0 Å². The van der Waals surface area contributed by atoms with E-state index in [4.69, 9.17) is 16.7 Å². The maximum Gasteiger partial charge on any atom is 0.339 e. The van der Waals surface area contributed by atoms with Gasteiger partial charge in [-0.1, -0.05) is 11.6 Å². The number of carboxylic acids is 1. The van der Waals surface area contributed by atoms with Gasteiger partial charge in [0.2, 0.25) is 5.52 Å². The van der Waals surface area contributed by atoms with Gasteiger partial charge in [0.15, 0.2) is 6.20 Å². The molecule has 0 atom stereocenters. The normalized spacial score (nSPS) is 10.1. The van der Waals surface area contributed by atoms with Crippen LogP contribution in [0.3, 0.4) is 0 Å². The van der Waals surface area contributed by atoms with Crippen LogP contribution in [0.5, 0.6) is 5.75 Å². The van der Waals surface area contributed by atoms with Gasteiger partial charge in [0.25, 0.3) is 0 Å². The van der Waals surface area contributed by atoms with E-state index in [0.717, 1.165) is 16.6 Å². The number of pyridine rings is 1. The van der Waals surface area contributed by atoms with Gasteiger partial charge in [-0.25, -0.2) is 9.78 Å². The zero-order chi connectivity index (χ0) is 15.7. The van der Waals surface area contributed by atoms with Crippen molar-refractivity contribution in [3.05, 3.63) is 59.2 Å². The van der Waals surface area contributed by atoms with Crippen molar-refractivity contribution in [2.24, 2.45) is 0 Å². The fraction of sp³-hybridized carbons (Fsp3) is 0. The lowest BCUT2D eigenvalue weighted by Crippen LogP contribution is -3.00. The van der Waals surface area contributed by atoms with Crippen LogP contribution in [-0.2, 0) is 0 Å². The topological polar surface area (TPSA) is 83.7 Å². The summed E-state index contributed by atoms with van der Waals surface area (Å²) >= 11 is 5.97. The third-order valence-electron chi connectivity index (χ3n) is 3.27. The molecule has 0 saturated heterocycles. The molecule has 0 amide bonds. The first-order chi connectivity index (χ1) is 10.5. The highest BCUT2D eigenvalue weighted by molar-refractivity contribution is 6.31. The van der Waals surface area contributed by atoms with Gasteiger partial charge in [-0.2, -0.15) is 0 Å². The van der Waals surface area contributed by atoms with Gasteiger partial charge in [0, 0.05) is 28.9 Å². The van der Waals surface area contributed by atoms with Crippen molar-refractivity contribution in [1.29, 1.82) is 0 Å². The van der Waals surface area contributed by atoms with Gasteiger partial charge in [-0.3, -0.25) is 0 Å². The van der Waals surface area contributed by atoms with E-state index < -0.39 is 5.97 Å². The van der Waals surface area contributed by atoms with Crippen molar-refractivity contribution < 1.29 is 32.4 Å². The quantitative estimate of drug-likeness (QED) is 0.640. The van der Waals surface area contributed by atoms with Crippen LogP contribution in [0.25, 0.3) is 10.9 Å². The largest absolute Gasteiger partial charge is 1.00 e. The SMILES string of the molecule is O=C(O)c1ccc(Nc2cc[nH+]c3cc(Cl)ccc23)cc1O.[Cl-]. The molecule has 0 aliphatic heterocycles. The number of aromatic hydroxyl groups is 1. The lowest BCUT2D eigenvalue weighted by Gasteiger charge is -2.09. The smallest absolute Gasteiger partial charge is 0.339 e. The number of anilines is 2. The molecule has 1 heterocycles. The van der Waals surface area contributed by atoms with Crippen LogP contribution >= 0.6 is 11.6 Å². The number of benzene rings is 2. The van der Waals surface area contributed by atoms with Gasteiger partial charge < -0.3 is 27.9 Å². The second-order valence-electron chi connectivity index (χ2n) is 4.74. The molecule has 0 spiro atoms. The number of aromatic carboxylic acids is 1. The molecule has 118 valence electrons. The van der Waals surface area contributed by atoms with Crippen LogP contribution in [0.4, 0.5) is 11.4 Å². The standard InChI is InChI=1S/C16H11ClN2O3.ClH/c17-9-1-3-11-13(5-6-18-14(11)7-9)19-10-2-4-12(16(21)22)15(20)8-10;/h1-8,20H,(H,18,19)(H,21,22);1H. The van der Waals surface area contributed by atoms with Gasteiger partial charge in [0.1, 0.15) is 11.3 Å². The molecule has 5 nitrogen and oxygen atoms in total. The van der Waals surface area contributed by atoms with Crippen molar-refractivity contribution in [2.75, 3.05) is 5.32 Å². The van der Waals surface area contributed by atoms with Crippen molar-refractivity contribution in [3.63, 3.8) is 0 Å². The molecule has 2 aromatic carbocycles. The van der Waals surface area contributed by atoms with E-state index in [2.05, 4.69) is 10.3 Å². The first-order valence-corrected chi connectivity index (χ1v) is 6.86. The summed E-state index contributed by atoms with van der Waals surface area (Å²) < 4.78 is 0. The van der Waals surface area contributed by atoms with Crippen LogP contribution in [0.1, 0.15) is 10.4 Å². The maximum absolute atomic E-state index is 10.9. The predicted molar refractivity (Wildman–Crippen MR) is 83.9 cm³/mol. The highest BCUT2D eigenvalue weighted by atomic mass is 35.5. The number of H-pyrrole nitrogens is 1. The summed E-state index contributed by atoms with van der Waals surface area (Å²) in [6.45, 7) is 0. The molecular formula is C16H12Cl2N2O3. The van der Waals surface area contributed by atoms with Crippen LogP contribution in [0.15, 0.2) is 48.7 Å². The summed E-state index contributed by atoms with van der Waals surface area (Å²) in [5, 5.41) is 23.4. The monoisotopic (exact) mass is 350 g/mol. The molecule has 0 fully saturated rings. The highest BCUT2D eigenvalue weighted by Crippen LogP contribution is 2.28. The Labute approximate surface area is 143 Å². The van der Waals surface area contributed by atoms with E-state index in [-0.39, 0.29) is 23.7 Å². The number of hydrogen-bond donors (Lipinski definition) is 3. The minimum Gasteiger partial charge on any atom is -1.00 e. The average molecular weight is 351 g/mol. The summed E-state index contributed by atoms with van der Waals surface area (Å²) in [4.78, 5) is 14.0. The Balaban J connectivity index is 0.00000192. The molecule has 3 aromatic rings. The number of hydrogen-bond acceptors (Lipinski definition) is 3. The highest BCUT2D eigenvalue weighted by Gasteiger charge is 2.11. The first-order valence-electron chi connectivity index (χ1n) is 6.48. The van der Waals surface area contributed by atoms with E-state index in [9.17, 15) is 9.90 Å². The Morgan fingerprint density at radius 2 is 1.91 bits per heavy atom. The summed E-state index contributed by atoms with van der Waals surface area (Å²) in [5.41, 5.74) is 2.13. The zero-order valence-corrected chi connectivity index (χ0v) is 13.2. The van der Waals surface area contributed by atoms with E-state index in [1.807, 2.05) is 18.2 Å². The summed E-state index contributed by atoms with van der Waals surface area (Å²) in [6, 6.07) is 11.7. The number of carbonyl (C=O) groups is 1. The molecule has 1 aromatic heterocycles. The van der Waals surface area contributed by atoms with Crippen LogP contribution < -0.4 is 22.7 Å². The maximum atomic E-state index is 10.9. The number of fused-ring (bicyclic) bond motifs is 1. The van der Waals surface area contributed by atoms with Crippen molar-refractivity contribution in [2.45, 2.75) is 0 Å². The number of phenols is 1. The minimum absolute atomic E-state index is 0.